The van der Waals surface area contributed by atoms with Gasteiger partial charge in [-0.2, -0.15) is 0 Å². The molecule has 0 saturated carbocycles. The number of pyridine rings is 2. The van der Waals surface area contributed by atoms with Gasteiger partial charge in [0.2, 0.25) is 11.8 Å². The predicted octanol–water partition coefficient (Wildman–Crippen LogP) is 6.56. The van der Waals surface area contributed by atoms with Crippen molar-refractivity contribution < 1.29 is 23.8 Å². The van der Waals surface area contributed by atoms with E-state index in [1.54, 1.807) is 19.2 Å². The summed E-state index contributed by atoms with van der Waals surface area (Å²) in [4.78, 5) is 35.0. The van der Waals surface area contributed by atoms with Crippen LogP contribution in [0.4, 0.5) is 11.4 Å². The van der Waals surface area contributed by atoms with Crippen LogP contribution in [-0.2, 0) is 35.4 Å². The zero-order chi connectivity index (χ0) is 31.9. The number of methoxy groups -OCH3 is 2. The fourth-order valence-electron chi connectivity index (χ4n) is 5.88. The Labute approximate surface area is 264 Å². The molecule has 1 unspecified atom stereocenters. The van der Waals surface area contributed by atoms with Crippen molar-refractivity contribution in [3.8, 4) is 22.9 Å². The third-order valence-corrected chi connectivity index (χ3v) is 8.27. The first kappa shape index (κ1) is 31.5. The average Bonchev–Trinajstić information content (AvgIpc) is 3.05. The smallest absolute Gasteiger partial charge is 0.338 e. The van der Waals surface area contributed by atoms with Gasteiger partial charge < -0.3 is 24.8 Å². The fraction of sp³-hybridized carbons (Fsp3) is 0.333. The van der Waals surface area contributed by atoms with Crippen LogP contribution >= 0.6 is 0 Å². The third kappa shape index (κ3) is 7.42. The Morgan fingerprint density at radius 3 is 2.69 bits per heavy atom. The summed E-state index contributed by atoms with van der Waals surface area (Å²) in [6.45, 7) is 4.75. The molecule has 0 aliphatic carbocycles. The second-order valence-electron chi connectivity index (χ2n) is 11.5. The summed E-state index contributed by atoms with van der Waals surface area (Å²) in [6.07, 6.45) is 7.71. The lowest BCUT2D eigenvalue weighted by atomic mass is 9.88. The van der Waals surface area contributed by atoms with Gasteiger partial charge in [-0.1, -0.05) is 25.5 Å². The highest BCUT2D eigenvalue weighted by Crippen LogP contribution is 2.35. The maximum atomic E-state index is 13.6. The summed E-state index contributed by atoms with van der Waals surface area (Å²) in [7, 11) is 4.54. The number of anilines is 2. The van der Waals surface area contributed by atoms with Crippen molar-refractivity contribution in [2.24, 2.45) is 5.92 Å². The molecule has 1 amide bonds. The van der Waals surface area contributed by atoms with Gasteiger partial charge in [-0.05, 0) is 90.3 Å². The summed E-state index contributed by atoms with van der Waals surface area (Å²) in [5.41, 5.74) is 8.59. The van der Waals surface area contributed by atoms with E-state index in [2.05, 4.69) is 34.7 Å². The Morgan fingerprint density at radius 1 is 1.07 bits per heavy atom. The minimum Gasteiger partial charge on any atom is -0.494 e. The van der Waals surface area contributed by atoms with E-state index >= 15 is 0 Å². The monoisotopic (exact) mass is 608 g/mol. The van der Waals surface area contributed by atoms with Crippen LogP contribution in [0.1, 0.15) is 57.9 Å². The summed E-state index contributed by atoms with van der Waals surface area (Å²) < 4.78 is 16.6. The topological polar surface area (TPSA) is 112 Å². The van der Waals surface area contributed by atoms with Crippen LogP contribution in [0.5, 0.6) is 11.6 Å². The quantitative estimate of drug-likeness (QED) is 0.237. The largest absolute Gasteiger partial charge is 0.494 e. The molecule has 4 bridgehead atoms. The van der Waals surface area contributed by atoms with Crippen LogP contribution in [-0.4, -0.2) is 43.1 Å². The number of ether oxygens (including phenoxy) is 3. The van der Waals surface area contributed by atoms with Gasteiger partial charge >= 0.3 is 5.97 Å². The van der Waals surface area contributed by atoms with Gasteiger partial charge in [-0.25, -0.2) is 9.78 Å². The molecule has 5 rings (SSSR count). The fourth-order valence-corrected chi connectivity index (χ4v) is 5.88. The summed E-state index contributed by atoms with van der Waals surface area (Å²) >= 11 is 0. The number of aryl methyl sites for hydroxylation is 2. The number of rotatable bonds is 6. The van der Waals surface area contributed by atoms with Gasteiger partial charge in [0.05, 0.1) is 37.6 Å². The van der Waals surface area contributed by atoms with Crippen LogP contribution in [0.2, 0.25) is 0 Å². The van der Waals surface area contributed by atoms with E-state index in [0.717, 1.165) is 59.2 Å². The van der Waals surface area contributed by atoms with E-state index in [4.69, 9.17) is 19.2 Å². The second-order valence-corrected chi connectivity index (χ2v) is 11.5. The van der Waals surface area contributed by atoms with Crippen molar-refractivity contribution in [1.29, 1.82) is 0 Å². The normalized spacial score (nSPS) is 14.6. The average molecular weight is 609 g/mol. The molecular weight excluding hydrogens is 568 g/mol. The molecule has 1 atom stereocenters. The number of carbonyl (C=O) groups is 2. The first-order valence-corrected chi connectivity index (χ1v) is 15.2. The summed E-state index contributed by atoms with van der Waals surface area (Å²) in [5, 5.41) is 6.07. The predicted molar refractivity (Wildman–Crippen MR) is 175 cm³/mol. The maximum absolute atomic E-state index is 13.6. The summed E-state index contributed by atoms with van der Waals surface area (Å²) in [5.74, 6) is 0.630. The third-order valence-electron chi connectivity index (χ3n) is 8.27. The van der Waals surface area contributed by atoms with E-state index < -0.39 is 5.97 Å². The first-order valence-electron chi connectivity index (χ1n) is 15.2. The van der Waals surface area contributed by atoms with Crippen molar-refractivity contribution in [2.75, 3.05) is 31.9 Å². The number of hydrogen-bond donors (Lipinski definition) is 2. The summed E-state index contributed by atoms with van der Waals surface area (Å²) in [6, 6.07) is 15.3. The molecule has 4 aromatic rings. The van der Waals surface area contributed by atoms with Gasteiger partial charge in [0.1, 0.15) is 18.0 Å². The Kier molecular flexibility index (Phi) is 9.97. The number of hydrogen-bond acceptors (Lipinski definition) is 8. The van der Waals surface area contributed by atoms with Crippen LogP contribution < -0.4 is 20.1 Å². The molecule has 9 heteroatoms. The molecule has 0 spiro atoms. The zero-order valence-electron chi connectivity index (χ0n) is 26.5. The van der Waals surface area contributed by atoms with Crippen LogP contribution in [0, 0.1) is 12.8 Å². The lowest BCUT2D eigenvalue weighted by molar-refractivity contribution is -0.115. The van der Waals surface area contributed by atoms with Gasteiger partial charge in [0.15, 0.2) is 0 Å². The number of esters is 1. The number of nitrogens with zero attached hydrogens (tertiary/aromatic N) is 2. The number of carbonyl (C=O) groups excluding carboxylic acids is 2. The molecule has 234 valence electrons. The highest BCUT2D eigenvalue weighted by molar-refractivity contribution is 6.00. The second kappa shape index (κ2) is 14.2. The van der Waals surface area contributed by atoms with E-state index in [1.165, 1.54) is 19.8 Å². The molecule has 0 saturated heterocycles. The molecule has 1 aliphatic heterocycles. The number of aromatic nitrogens is 2. The van der Waals surface area contributed by atoms with E-state index in [0.29, 0.717) is 41.1 Å². The number of amides is 1. The molecule has 1 aliphatic rings. The minimum atomic E-state index is -0.494. The molecule has 0 fully saturated rings. The van der Waals surface area contributed by atoms with Crippen molar-refractivity contribution in [2.45, 2.75) is 52.6 Å². The molecule has 0 radical (unpaired) electrons. The van der Waals surface area contributed by atoms with Crippen molar-refractivity contribution >= 4 is 23.3 Å². The minimum absolute atomic E-state index is 0.170. The maximum Gasteiger partial charge on any atom is 0.338 e. The van der Waals surface area contributed by atoms with Crippen molar-refractivity contribution in [3.63, 3.8) is 0 Å². The molecule has 9 nitrogen and oxygen atoms in total. The van der Waals surface area contributed by atoms with Gasteiger partial charge in [0, 0.05) is 31.1 Å². The van der Waals surface area contributed by atoms with Gasteiger partial charge in [0.25, 0.3) is 0 Å². The van der Waals surface area contributed by atoms with Gasteiger partial charge in [-0.15, -0.1) is 0 Å². The highest BCUT2D eigenvalue weighted by atomic mass is 16.5. The lowest BCUT2D eigenvalue weighted by Gasteiger charge is -2.19. The van der Waals surface area contributed by atoms with Crippen LogP contribution in [0.25, 0.3) is 11.3 Å². The molecule has 2 N–H and O–H groups in total. The van der Waals surface area contributed by atoms with Crippen molar-refractivity contribution in [3.05, 3.63) is 94.3 Å². The molecule has 3 heterocycles. The van der Waals surface area contributed by atoms with Crippen LogP contribution in [0.3, 0.4) is 0 Å². The molecule has 2 aromatic heterocycles. The van der Waals surface area contributed by atoms with E-state index in [-0.39, 0.29) is 12.3 Å². The number of benzene rings is 2. The lowest BCUT2D eigenvalue weighted by Crippen LogP contribution is -2.18. The van der Waals surface area contributed by atoms with Crippen molar-refractivity contribution in [1.82, 2.24) is 9.97 Å². The zero-order valence-corrected chi connectivity index (χ0v) is 26.5. The first-order chi connectivity index (χ1) is 21.8. The number of nitrogens with one attached hydrogen (secondary N) is 2. The Hall–Kier alpha value is -4.92. The highest BCUT2D eigenvalue weighted by Gasteiger charge is 2.20. The standard InChI is InChI=1S/C36H40N4O5/c1-22-8-6-9-24-20-38-13-12-25(24)21-45-34-11-7-10-30(39-34)29-16-26(14-22)27(15-23(29)2)19-33(41)40-35-31(37-3)17-28(36(42)44-5)18-32(35)43-4/h7,10-13,15-18,20,22,37H,6,8-9,14,19,21H2,1-5H3,(H,40,41). The molecule has 45 heavy (non-hydrogen) atoms. The van der Waals surface area contributed by atoms with E-state index in [9.17, 15) is 9.59 Å². The SMILES string of the molecule is CNc1cc(C(=O)OC)cc(OC)c1NC(=O)Cc1cc(C)c2cc1CC(C)CCCc1cnccc1COc1cccc-2n1. The molecular formula is C36H40N4O5. The Morgan fingerprint density at radius 2 is 1.91 bits per heavy atom. The van der Waals surface area contributed by atoms with Crippen LogP contribution in [0.15, 0.2) is 60.9 Å². The Bertz CT molecular complexity index is 1680. The van der Waals surface area contributed by atoms with Gasteiger partial charge in [-0.3, -0.25) is 9.78 Å². The van der Waals surface area contributed by atoms with E-state index in [1.807, 2.05) is 43.6 Å². The molecule has 2 aromatic carbocycles. The number of fused-ring (bicyclic) bond motifs is 6. The Balaban J connectivity index is 1.46.